The van der Waals surface area contributed by atoms with Crippen molar-refractivity contribution in [1.29, 1.82) is 5.26 Å². The Morgan fingerprint density at radius 1 is 1.40 bits per heavy atom. The maximum atomic E-state index is 11.6. The molecule has 0 aliphatic heterocycles. The van der Waals surface area contributed by atoms with Gasteiger partial charge in [-0.15, -0.1) is 0 Å². The molecule has 1 aliphatic carbocycles. The first-order valence-corrected chi connectivity index (χ1v) is 6.21. The van der Waals surface area contributed by atoms with Gasteiger partial charge in [0.15, 0.2) is 9.84 Å². The van der Waals surface area contributed by atoms with Crippen LogP contribution in [0, 0.1) is 16.7 Å². The van der Waals surface area contributed by atoms with Crippen LogP contribution in [0.2, 0.25) is 0 Å². The molecular formula is C11H13NO2S. The molecule has 80 valence electrons. The first-order chi connectivity index (χ1) is 6.87. The standard InChI is InChI=1S/C11H13NO2S/c1-11(2)6-3-4-10(5-7-11)15(13,14)9-8-12/h3-7H,9H2,1-2H3. The normalized spacial score (nSPS) is 19.1. The van der Waals surface area contributed by atoms with Crippen LogP contribution in [0.1, 0.15) is 13.8 Å². The Hall–Kier alpha value is -1.34. The Bertz CT molecular complexity index is 473. The molecule has 3 nitrogen and oxygen atoms in total. The van der Waals surface area contributed by atoms with Crippen molar-refractivity contribution >= 4 is 9.84 Å². The Morgan fingerprint density at radius 2 is 2.07 bits per heavy atom. The molecule has 0 heterocycles. The fourth-order valence-electron chi connectivity index (χ4n) is 1.17. The van der Waals surface area contributed by atoms with E-state index in [1.54, 1.807) is 18.2 Å². The van der Waals surface area contributed by atoms with E-state index in [-0.39, 0.29) is 10.3 Å². The van der Waals surface area contributed by atoms with E-state index in [0.29, 0.717) is 0 Å². The molecule has 1 aliphatic rings. The number of rotatable bonds is 2. The maximum Gasteiger partial charge on any atom is 0.191 e. The van der Waals surface area contributed by atoms with Crippen LogP contribution in [0.5, 0.6) is 0 Å². The summed E-state index contributed by atoms with van der Waals surface area (Å²) in [7, 11) is -3.44. The smallest absolute Gasteiger partial charge is 0.191 e. The molecule has 0 saturated carbocycles. The third-order valence-electron chi connectivity index (χ3n) is 2.08. The maximum absolute atomic E-state index is 11.6. The molecule has 0 aromatic carbocycles. The molecule has 0 radical (unpaired) electrons. The minimum Gasteiger partial charge on any atom is -0.223 e. The highest BCUT2D eigenvalue weighted by Crippen LogP contribution is 2.24. The van der Waals surface area contributed by atoms with Crippen LogP contribution in [-0.4, -0.2) is 14.2 Å². The first-order valence-electron chi connectivity index (χ1n) is 4.56. The van der Waals surface area contributed by atoms with Gasteiger partial charge in [0.25, 0.3) is 0 Å². The van der Waals surface area contributed by atoms with Crippen LogP contribution < -0.4 is 0 Å². The number of sulfone groups is 1. The van der Waals surface area contributed by atoms with E-state index in [1.807, 2.05) is 26.0 Å². The summed E-state index contributed by atoms with van der Waals surface area (Å²) in [5.41, 5.74) is -0.152. The van der Waals surface area contributed by atoms with E-state index in [4.69, 9.17) is 5.26 Å². The Labute approximate surface area is 90.3 Å². The zero-order chi connectivity index (χ0) is 11.5. The lowest BCUT2D eigenvalue weighted by Crippen LogP contribution is -2.06. The van der Waals surface area contributed by atoms with Gasteiger partial charge in [0.05, 0.1) is 11.0 Å². The van der Waals surface area contributed by atoms with Crippen molar-refractivity contribution in [3.8, 4) is 6.07 Å². The van der Waals surface area contributed by atoms with E-state index in [1.165, 1.54) is 6.08 Å². The summed E-state index contributed by atoms with van der Waals surface area (Å²) in [4.78, 5) is 0.200. The average Bonchev–Trinajstić information content (AvgIpc) is 2.26. The number of nitrogens with zero attached hydrogens (tertiary/aromatic N) is 1. The third kappa shape index (κ3) is 3.07. The summed E-state index contributed by atoms with van der Waals surface area (Å²) in [5.74, 6) is -0.475. The van der Waals surface area contributed by atoms with Gasteiger partial charge >= 0.3 is 0 Å². The molecule has 0 bridgehead atoms. The van der Waals surface area contributed by atoms with Gasteiger partial charge in [0.1, 0.15) is 5.75 Å². The summed E-state index contributed by atoms with van der Waals surface area (Å²) in [6.45, 7) is 3.96. The first kappa shape index (κ1) is 11.7. The molecule has 0 saturated heterocycles. The highest BCUT2D eigenvalue weighted by molar-refractivity contribution is 7.95. The zero-order valence-electron chi connectivity index (χ0n) is 8.77. The molecule has 0 spiro atoms. The van der Waals surface area contributed by atoms with Crippen LogP contribution in [0.15, 0.2) is 35.3 Å². The third-order valence-corrected chi connectivity index (χ3v) is 3.58. The van der Waals surface area contributed by atoms with Gasteiger partial charge in [-0.3, -0.25) is 0 Å². The fraction of sp³-hybridized carbons (Fsp3) is 0.364. The minimum atomic E-state index is -3.44. The minimum absolute atomic E-state index is 0.152. The molecule has 0 N–H and O–H groups in total. The van der Waals surface area contributed by atoms with Crippen molar-refractivity contribution in [2.45, 2.75) is 13.8 Å². The van der Waals surface area contributed by atoms with E-state index >= 15 is 0 Å². The van der Waals surface area contributed by atoms with E-state index < -0.39 is 15.6 Å². The van der Waals surface area contributed by atoms with Crippen molar-refractivity contribution in [3.63, 3.8) is 0 Å². The van der Waals surface area contributed by atoms with Gasteiger partial charge in [-0.1, -0.05) is 32.1 Å². The topological polar surface area (TPSA) is 57.9 Å². The molecule has 4 heteroatoms. The quantitative estimate of drug-likeness (QED) is 0.719. The van der Waals surface area contributed by atoms with Gasteiger partial charge in [0, 0.05) is 5.41 Å². The lowest BCUT2D eigenvalue weighted by atomic mass is 9.93. The van der Waals surface area contributed by atoms with Crippen LogP contribution in [0.4, 0.5) is 0 Å². The molecule has 0 aromatic rings. The van der Waals surface area contributed by atoms with Crippen LogP contribution >= 0.6 is 0 Å². The van der Waals surface area contributed by atoms with E-state index in [9.17, 15) is 8.42 Å². The molecule has 0 amide bonds. The van der Waals surface area contributed by atoms with E-state index in [2.05, 4.69) is 0 Å². The monoisotopic (exact) mass is 223 g/mol. The lowest BCUT2D eigenvalue weighted by molar-refractivity contribution is 0.605. The zero-order valence-corrected chi connectivity index (χ0v) is 9.58. The largest absolute Gasteiger partial charge is 0.223 e. The van der Waals surface area contributed by atoms with Crippen LogP contribution in [-0.2, 0) is 9.84 Å². The van der Waals surface area contributed by atoms with Gasteiger partial charge in [-0.2, -0.15) is 5.26 Å². The SMILES string of the molecule is CC1(C)C=CC=C(S(=O)(=O)CC#N)C=C1. The number of allylic oxidation sites excluding steroid dienone is 5. The number of hydrogen-bond acceptors (Lipinski definition) is 3. The van der Waals surface area contributed by atoms with Crippen LogP contribution in [0.3, 0.4) is 0 Å². The van der Waals surface area contributed by atoms with Gasteiger partial charge in [-0.05, 0) is 12.2 Å². The summed E-state index contributed by atoms with van der Waals surface area (Å²) in [6.07, 6.45) is 8.53. The summed E-state index contributed by atoms with van der Waals surface area (Å²) < 4.78 is 23.1. The van der Waals surface area contributed by atoms with Crippen LogP contribution in [0.25, 0.3) is 0 Å². The molecule has 0 unspecified atom stereocenters. The Balaban J connectivity index is 3.08. The Morgan fingerprint density at radius 3 is 2.67 bits per heavy atom. The number of nitriles is 1. The summed E-state index contributed by atoms with van der Waals surface area (Å²) in [6, 6.07) is 1.66. The van der Waals surface area contributed by atoms with Gasteiger partial charge < -0.3 is 0 Å². The van der Waals surface area contributed by atoms with Crippen molar-refractivity contribution < 1.29 is 8.42 Å². The molecule has 1 rings (SSSR count). The average molecular weight is 223 g/mol. The summed E-state index contributed by atoms with van der Waals surface area (Å²) >= 11 is 0. The lowest BCUT2D eigenvalue weighted by Gasteiger charge is -2.12. The number of hydrogen-bond donors (Lipinski definition) is 0. The van der Waals surface area contributed by atoms with Gasteiger partial charge in [0.2, 0.25) is 0 Å². The molecule has 0 fully saturated rings. The molecule has 0 aromatic heterocycles. The van der Waals surface area contributed by atoms with Crippen molar-refractivity contribution in [1.82, 2.24) is 0 Å². The highest BCUT2D eigenvalue weighted by Gasteiger charge is 2.18. The van der Waals surface area contributed by atoms with Crippen molar-refractivity contribution in [2.24, 2.45) is 5.41 Å². The predicted octanol–water partition coefficient (Wildman–Crippen LogP) is 1.96. The second-order valence-corrected chi connectivity index (χ2v) is 5.99. The van der Waals surface area contributed by atoms with Crippen molar-refractivity contribution in [3.05, 3.63) is 35.3 Å². The van der Waals surface area contributed by atoms with Gasteiger partial charge in [-0.25, -0.2) is 8.42 Å². The second-order valence-electron chi connectivity index (χ2n) is 4.00. The predicted molar refractivity (Wildman–Crippen MR) is 59.5 cm³/mol. The molecule has 15 heavy (non-hydrogen) atoms. The summed E-state index contributed by atoms with van der Waals surface area (Å²) in [5, 5.41) is 8.41. The molecular weight excluding hydrogens is 210 g/mol. The molecule has 0 atom stereocenters. The van der Waals surface area contributed by atoms with Crippen molar-refractivity contribution in [2.75, 3.05) is 5.75 Å². The van der Waals surface area contributed by atoms with E-state index in [0.717, 1.165) is 0 Å². The second kappa shape index (κ2) is 4.03. The fourth-order valence-corrected chi connectivity index (χ4v) is 2.07. The highest BCUT2D eigenvalue weighted by atomic mass is 32.2. The Kier molecular flexibility index (Phi) is 3.15.